The number of methoxy groups -OCH3 is 1. The molecular weight excluding hydrogens is 282 g/mol. The molecule has 0 aliphatic carbocycles. The highest BCUT2D eigenvalue weighted by Gasteiger charge is 2.29. The molecule has 0 aromatic carbocycles. The van der Waals surface area contributed by atoms with E-state index in [1.165, 1.54) is 6.33 Å². The summed E-state index contributed by atoms with van der Waals surface area (Å²) in [5, 5.41) is 21.8. The number of nitriles is 1. The van der Waals surface area contributed by atoms with Crippen molar-refractivity contribution in [2.75, 3.05) is 25.1 Å². The number of hydrogen-bond donors (Lipinski definition) is 0. The van der Waals surface area contributed by atoms with Crippen molar-refractivity contribution in [3.8, 4) is 5.40 Å². The fraction of sp³-hybridized carbons (Fsp3) is 0.545. The number of aromatic nitrogens is 2. The maximum atomic E-state index is 11.2. The van der Waals surface area contributed by atoms with Crippen molar-refractivity contribution in [1.29, 1.82) is 5.26 Å². The first-order valence-corrected chi connectivity index (χ1v) is 6.82. The second kappa shape index (κ2) is 6.49. The van der Waals surface area contributed by atoms with E-state index in [0.29, 0.717) is 24.9 Å². The number of ether oxygens (including phenoxy) is 1. The molecule has 0 bridgehead atoms. The second-order valence-corrected chi connectivity index (χ2v) is 5.00. The van der Waals surface area contributed by atoms with Crippen LogP contribution < -0.4 is 4.90 Å². The number of nitrogens with zero attached hydrogens (tertiary/aromatic N) is 5. The Balaban J connectivity index is 2.30. The van der Waals surface area contributed by atoms with Crippen LogP contribution in [0.15, 0.2) is 11.4 Å². The van der Waals surface area contributed by atoms with Crippen molar-refractivity contribution in [3.63, 3.8) is 0 Å². The van der Waals surface area contributed by atoms with Gasteiger partial charge in [0, 0.05) is 32.0 Å². The summed E-state index contributed by atoms with van der Waals surface area (Å²) >= 11 is 0.675. The molecule has 1 aromatic heterocycles. The molecule has 0 unspecified atom stereocenters. The van der Waals surface area contributed by atoms with E-state index in [4.69, 9.17) is 10.00 Å². The Kier molecular flexibility index (Phi) is 4.70. The van der Waals surface area contributed by atoms with Gasteiger partial charge in [-0.25, -0.2) is 9.97 Å². The molecule has 8 nitrogen and oxygen atoms in total. The molecule has 2 rings (SSSR count). The lowest BCUT2D eigenvalue weighted by molar-refractivity contribution is -0.387. The van der Waals surface area contributed by atoms with Crippen LogP contribution in [-0.4, -0.2) is 41.2 Å². The van der Waals surface area contributed by atoms with Gasteiger partial charge in [-0.15, -0.1) is 0 Å². The molecule has 1 aliphatic rings. The molecular formula is C11H13N5O3S. The number of rotatable bonds is 4. The van der Waals surface area contributed by atoms with Gasteiger partial charge in [0.05, 0.1) is 11.0 Å². The number of nitro groups is 1. The highest BCUT2D eigenvalue weighted by atomic mass is 32.2. The summed E-state index contributed by atoms with van der Waals surface area (Å²) in [4.78, 5) is 20.4. The number of piperidine rings is 1. The molecule has 1 aliphatic heterocycles. The molecule has 20 heavy (non-hydrogen) atoms. The van der Waals surface area contributed by atoms with E-state index >= 15 is 0 Å². The largest absolute Gasteiger partial charge is 0.381 e. The summed E-state index contributed by atoms with van der Waals surface area (Å²) in [6, 6.07) is 0. The average molecular weight is 295 g/mol. The Morgan fingerprint density at radius 1 is 1.55 bits per heavy atom. The fourth-order valence-corrected chi connectivity index (χ4v) is 2.62. The lowest BCUT2D eigenvalue weighted by Crippen LogP contribution is -2.37. The van der Waals surface area contributed by atoms with E-state index in [1.54, 1.807) is 7.11 Å². The minimum absolute atomic E-state index is 0.0800. The summed E-state index contributed by atoms with van der Waals surface area (Å²) in [5.74, 6) is 0.275. The molecule has 0 spiro atoms. The maximum absolute atomic E-state index is 11.2. The van der Waals surface area contributed by atoms with Gasteiger partial charge >= 0.3 is 5.69 Å². The smallest absolute Gasteiger partial charge is 0.344 e. The van der Waals surface area contributed by atoms with Gasteiger partial charge in [-0.1, -0.05) is 0 Å². The summed E-state index contributed by atoms with van der Waals surface area (Å²) in [6.45, 7) is 1.26. The van der Waals surface area contributed by atoms with Gasteiger partial charge in [-0.2, -0.15) is 5.26 Å². The van der Waals surface area contributed by atoms with Crippen molar-refractivity contribution in [2.24, 2.45) is 0 Å². The summed E-state index contributed by atoms with van der Waals surface area (Å²) in [6.07, 6.45) is 3.02. The summed E-state index contributed by atoms with van der Waals surface area (Å²) < 4.78 is 5.27. The topological polar surface area (TPSA) is 105 Å². The number of anilines is 1. The zero-order valence-electron chi connectivity index (χ0n) is 10.9. The highest BCUT2D eigenvalue weighted by molar-refractivity contribution is 8.03. The van der Waals surface area contributed by atoms with Crippen LogP contribution in [0.3, 0.4) is 0 Å². The third-order valence-electron chi connectivity index (χ3n) is 3.17. The average Bonchev–Trinajstić information content (AvgIpc) is 2.47. The molecule has 9 heteroatoms. The molecule has 1 aromatic rings. The van der Waals surface area contributed by atoms with Gasteiger partial charge in [0.15, 0.2) is 5.03 Å². The first kappa shape index (κ1) is 14.5. The van der Waals surface area contributed by atoms with Crippen LogP contribution in [-0.2, 0) is 4.74 Å². The normalized spacial score (nSPS) is 15.9. The molecule has 0 saturated carbocycles. The third-order valence-corrected chi connectivity index (χ3v) is 3.75. The minimum Gasteiger partial charge on any atom is -0.381 e. The Labute approximate surface area is 119 Å². The first-order chi connectivity index (χ1) is 9.67. The standard InChI is InChI=1S/C11H13N5O3S/c1-19-8-2-4-15(5-3-8)10-9(16(17)18)11(20-6-12)14-7-13-10/h7-8H,2-5H2,1H3. The molecule has 0 amide bonds. The predicted octanol–water partition coefficient (Wildman–Crippen LogP) is 1.57. The fourth-order valence-electron chi connectivity index (χ4n) is 2.17. The molecule has 0 N–H and O–H groups in total. The lowest BCUT2D eigenvalue weighted by atomic mass is 10.1. The van der Waals surface area contributed by atoms with Crippen molar-refractivity contribution < 1.29 is 9.66 Å². The maximum Gasteiger partial charge on any atom is 0.344 e. The Morgan fingerprint density at radius 3 is 2.80 bits per heavy atom. The SMILES string of the molecule is COC1CCN(c2ncnc(SC#N)c2[N+](=O)[O-])CC1. The monoisotopic (exact) mass is 295 g/mol. The van der Waals surface area contributed by atoms with Crippen LogP contribution in [0.1, 0.15) is 12.8 Å². The van der Waals surface area contributed by atoms with Crippen LogP contribution in [0.25, 0.3) is 0 Å². The zero-order chi connectivity index (χ0) is 14.5. The van der Waals surface area contributed by atoms with Gasteiger partial charge in [0.25, 0.3) is 0 Å². The number of hydrogen-bond acceptors (Lipinski definition) is 8. The quantitative estimate of drug-likeness (QED) is 0.271. The van der Waals surface area contributed by atoms with Gasteiger partial charge < -0.3 is 9.64 Å². The third kappa shape index (κ3) is 2.97. The molecule has 1 fully saturated rings. The second-order valence-electron chi connectivity index (χ2n) is 4.22. The van der Waals surface area contributed by atoms with Crippen molar-refractivity contribution >= 4 is 23.3 Å². The predicted molar refractivity (Wildman–Crippen MR) is 72.4 cm³/mol. The first-order valence-electron chi connectivity index (χ1n) is 6.00. The van der Waals surface area contributed by atoms with Crippen LogP contribution >= 0.6 is 11.8 Å². The van der Waals surface area contributed by atoms with Crippen LogP contribution in [0.2, 0.25) is 0 Å². The van der Waals surface area contributed by atoms with E-state index in [9.17, 15) is 10.1 Å². The zero-order valence-corrected chi connectivity index (χ0v) is 11.7. The van der Waals surface area contributed by atoms with Crippen molar-refractivity contribution in [1.82, 2.24) is 9.97 Å². The molecule has 2 heterocycles. The van der Waals surface area contributed by atoms with Crippen molar-refractivity contribution in [3.05, 3.63) is 16.4 Å². The Hall–Kier alpha value is -1.92. The summed E-state index contributed by atoms with van der Waals surface area (Å²) in [5.41, 5.74) is -0.199. The Morgan fingerprint density at radius 2 is 2.25 bits per heavy atom. The van der Waals surface area contributed by atoms with E-state index in [1.807, 2.05) is 10.3 Å². The van der Waals surface area contributed by atoms with Gasteiger partial charge in [0.1, 0.15) is 11.7 Å². The van der Waals surface area contributed by atoms with E-state index in [-0.39, 0.29) is 22.6 Å². The van der Waals surface area contributed by atoms with E-state index in [0.717, 1.165) is 12.8 Å². The van der Waals surface area contributed by atoms with E-state index in [2.05, 4.69) is 9.97 Å². The molecule has 1 saturated heterocycles. The van der Waals surface area contributed by atoms with Crippen LogP contribution in [0.4, 0.5) is 11.5 Å². The van der Waals surface area contributed by atoms with Crippen molar-refractivity contribution in [2.45, 2.75) is 24.0 Å². The Bertz CT molecular complexity index is 539. The lowest BCUT2D eigenvalue weighted by Gasteiger charge is -2.31. The highest BCUT2D eigenvalue weighted by Crippen LogP contribution is 2.35. The van der Waals surface area contributed by atoms with Gasteiger partial charge in [-0.3, -0.25) is 10.1 Å². The molecule has 0 atom stereocenters. The molecule has 106 valence electrons. The minimum atomic E-state index is -0.530. The van der Waals surface area contributed by atoms with Gasteiger partial charge in [-0.05, 0) is 12.8 Å². The van der Waals surface area contributed by atoms with Crippen LogP contribution in [0.5, 0.6) is 0 Å². The van der Waals surface area contributed by atoms with Gasteiger partial charge in [0.2, 0.25) is 5.82 Å². The van der Waals surface area contributed by atoms with E-state index < -0.39 is 4.92 Å². The van der Waals surface area contributed by atoms with Crippen LogP contribution in [0, 0.1) is 20.8 Å². The molecule has 0 radical (unpaired) electrons. The number of thioether (sulfide) groups is 1. The summed E-state index contributed by atoms with van der Waals surface area (Å²) in [7, 11) is 1.66. The number of thiocyanates is 1.